The number of aromatic nitrogens is 3. The zero-order valence-corrected chi connectivity index (χ0v) is 21.6. The van der Waals surface area contributed by atoms with E-state index in [4.69, 9.17) is 9.47 Å². The Morgan fingerprint density at radius 1 is 1.16 bits per heavy atom. The van der Waals surface area contributed by atoms with Crippen molar-refractivity contribution in [3.63, 3.8) is 0 Å². The van der Waals surface area contributed by atoms with Crippen LogP contribution in [-0.4, -0.2) is 82.7 Å². The van der Waals surface area contributed by atoms with Crippen molar-refractivity contribution in [2.45, 2.75) is 26.2 Å². The highest BCUT2D eigenvalue weighted by molar-refractivity contribution is 6.01. The normalized spacial score (nSPS) is 16.4. The monoisotopic (exact) mass is 525 g/mol. The van der Waals surface area contributed by atoms with Crippen LogP contribution in [0, 0.1) is 18.7 Å². The number of benzene rings is 1. The fourth-order valence-electron chi connectivity index (χ4n) is 4.37. The van der Waals surface area contributed by atoms with Gasteiger partial charge in [0, 0.05) is 56.5 Å². The largest absolute Gasteiger partial charge is 0.490 e. The molecule has 12 heteroatoms. The van der Waals surface area contributed by atoms with E-state index in [1.165, 1.54) is 18.5 Å². The van der Waals surface area contributed by atoms with Gasteiger partial charge in [0.25, 0.3) is 0 Å². The predicted octanol–water partition coefficient (Wildman–Crippen LogP) is 3.04. The second-order valence-corrected chi connectivity index (χ2v) is 9.87. The lowest BCUT2D eigenvalue weighted by atomic mass is 10.2. The van der Waals surface area contributed by atoms with Crippen LogP contribution >= 0.6 is 0 Å². The minimum Gasteiger partial charge on any atom is -0.490 e. The van der Waals surface area contributed by atoms with Gasteiger partial charge in [0.15, 0.2) is 11.6 Å². The highest BCUT2D eigenvalue weighted by Crippen LogP contribution is 2.34. The van der Waals surface area contributed by atoms with E-state index in [1.54, 1.807) is 10.7 Å². The van der Waals surface area contributed by atoms with Crippen LogP contribution < -0.4 is 20.1 Å². The Kier molecular flexibility index (Phi) is 7.70. The molecule has 3 amide bonds. The SMILES string of the molecule is Cc1c(OCCN2CCN(C)CC2)cn2ncnc(Oc3ccc(NC(=O)NC(=O)CC4CC4)cc3F)c12. The molecule has 0 spiro atoms. The second kappa shape index (κ2) is 11.3. The fraction of sp³-hybridized carbons (Fsp3) is 0.462. The Morgan fingerprint density at radius 2 is 1.95 bits per heavy atom. The van der Waals surface area contributed by atoms with Gasteiger partial charge in [-0.25, -0.2) is 13.7 Å². The van der Waals surface area contributed by atoms with Gasteiger partial charge >= 0.3 is 6.03 Å². The number of halogens is 1. The van der Waals surface area contributed by atoms with Crippen LogP contribution in [0.4, 0.5) is 14.9 Å². The van der Waals surface area contributed by atoms with E-state index in [0.717, 1.165) is 57.2 Å². The van der Waals surface area contributed by atoms with Crippen molar-refractivity contribution in [1.29, 1.82) is 0 Å². The molecule has 38 heavy (non-hydrogen) atoms. The lowest BCUT2D eigenvalue weighted by molar-refractivity contribution is -0.120. The quantitative estimate of drug-likeness (QED) is 0.438. The third-order valence-corrected chi connectivity index (χ3v) is 6.83. The molecule has 3 aromatic rings. The van der Waals surface area contributed by atoms with Gasteiger partial charge in [0.2, 0.25) is 11.8 Å². The third-order valence-electron chi connectivity index (χ3n) is 6.83. The summed E-state index contributed by atoms with van der Waals surface area (Å²) in [4.78, 5) is 32.7. The number of piperazine rings is 1. The van der Waals surface area contributed by atoms with Crippen molar-refractivity contribution < 1.29 is 23.5 Å². The minimum absolute atomic E-state index is 0.0699. The lowest BCUT2D eigenvalue weighted by Crippen LogP contribution is -2.45. The van der Waals surface area contributed by atoms with Crippen LogP contribution in [0.1, 0.15) is 24.8 Å². The van der Waals surface area contributed by atoms with E-state index in [-0.39, 0.29) is 23.2 Å². The van der Waals surface area contributed by atoms with Crippen molar-refractivity contribution in [2.24, 2.45) is 5.92 Å². The molecule has 5 rings (SSSR count). The number of nitrogens with one attached hydrogen (secondary N) is 2. The molecule has 0 unspecified atom stereocenters. The van der Waals surface area contributed by atoms with Crippen molar-refractivity contribution in [3.8, 4) is 17.4 Å². The number of rotatable bonds is 9. The third kappa shape index (κ3) is 6.37. The Hall–Kier alpha value is -3.77. The van der Waals surface area contributed by atoms with E-state index in [2.05, 4.69) is 37.6 Å². The molecular formula is C26H32FN7O4. The Balaban J connectivity index is 1.21. The fourth-order valence-corrected chi connectivity index (χ4v) is 4.37. The van der Waals surface area contributed by atoms with E-state index < -0.39 is 11.8 Å². The van der Waals surface area contributed by atoms with Gasteiger partial charge in [-0.15, -0.1) is 0 Å². The first-order chi connectivity index (χ1) is 18.4. The number of amides is 3. The van der Waals surface area contributed by atoms with Gasteiger partial charge in [0.05, 0.1) is 6.20 Å². The Morgan fingerprint density at radius 3 is 2.68 bits per heavy atom. The molecule has 11 nitrogen and oxygen atoms in total. The Labute approximate surface area is 219 Å². The standard InChI is InChI=1S/C26H32FN7O4/c1-17-22(37-12-11-33-9-7-32(2)8-10-33)15-34-24(17)25(28-16-29-34)38-21-6-5-19(14-20(21)27)30-26(36)31-23(35)13-18-3-4-18/h5-6,14-16,18H,3-4,7-13H2,1-2H3,(H2,30,31,35,36). The van der Waals surface area contributed by atoms with Crippen molar-refractivity contribution in [2.75, 3.05) is 51.7 Å². The van der Waals surface area contributed by atoms with Crippen LogP contribution in [0.5, 0.6) is 17.4 Å². The first kappa shape index (κ1) is 25.9. The van der Waals surface area contributed by atoms with Gasteiger partial charge in [0.1, 0.15) is 24.2 Å². The van der Waals surface area contributed by atoms with Crippen LogP contribution in [0.2, 0.25) is 0 Å². The van der Waals surface area contributed by atoms with E-state index in [1.807, 2.05) is 6.92 Å². The van der Waals surface area contributed by atoms with Gasteiger partial charge in [-0.3, -0.25) is 15.0 Å². The maximum Gasteiger partial charge on any atom is 0.325 e. The molecule has 2 aromatic heterocycles. The van der Waals surface area contributed by atoms with Crippen LogP contribution in [0.25, 0.3) is 5.52 Å². The van der Waals surface area contributed by atoms with Gasteiger partial charge < -0.3 is 19.7 Å². The van der Waals surface area contributed by atoms with E-state index in [9.17, 15) is 14.0 Å². The zero-order chi connectivity index (χ0) is 26.6. The molecule has 3 heterocycles. The molecule has 2 N–H and O–H groups in total. The zero-order valence-electron chi connectivity index (χ0n) is 21.6. The number of carbonyl (C=O) groups is 2. The molecular weight excluding hydrogens is 493 g/mol. The molecule has 0 radical (unpaired) electrons. The molecule has 2 aliphatic rings. The summed E-state index contributed by atoms with van der Waals surface area (Å²) in [5.74, 6) is 0.0831. The second-order valence-electron chi connectivity index (χ2n) is 9.87. The first-order valence-corrected chi connectivity index (χ1v) is 12.8. The topological polar surface area (TPSA) is 113 Å². The van der Waals surface area contributed by atoms with Crippen molar-refractivity contribution in [1.82, 2.24) is 29.7 Å². The maximum atomic E-state index is 14.9. The molecule has 0 atom stereocenters. The molecule has 202 valence electrons. The molecule has 1 aliphatic heterocycles. The van der Waals surface area contributed by atoms with Gasteiger partial charge in [-0.2, -0.15) is 10.1 Å². The number of hydrogen-bond donors (Lipinski definition) is 2. The number of aryl methyl sites for hydroxylation is 1. The molecule has 0 bridgehead atoms. The number of ether oxygens (including phenoxy) is 2. The number of carbonyl (C=O) groups excluding carboxylic acids is 2. The predicted molar refractivity (Wildman–Crippen MR) is 138 cm³/mol. The Bertz CT molecular complexity index is 1320. The lowest BCUT2D eigenvalue weighted by Gasteiger charge is -2.32. The highest BCUT2D eigenvalue weighted by atomic mass is 19.1. The summed E-state index contributed by atoms with van der Waals surface area (Å²) in [5.41, 5.74) is 1.54. The number of likely N-dealkylation sites (N-methyl/N-ethyl adjacent to an activating group) is 1. The number of hydrogen-bond acceptors (Lipinski definition) is 8. The van der Waals surface area contributed by atoms with Crippen LogP contribution in [0.3, 0.4) is 0 Å². The summed E-state index contributed by atoms with van der Waals surface area (Å²) in [6.07, 6.45) is 5.43. The molecule has 1 saturated heterocycles. The maximum absolute atomic E-state index is 14.9. The number of fused-ring (bicyclic) bond motifs is 1. The minimum atomic E-state index is -0.704. The molecule has 1 aliphatic carbocycles. The summed E-state index contributed by atoms with van der Waals surface area (Å²) >= 11 is 0. The molecule has 2 fully saturated rings. The van der Waals surface area contributed by atoms with Crippen LogP contribution in [0.15, 0.2) is 30.7 Å². The number of urea groups is 1. The average molecular weight is 526 g/mol. The van der Waals surface area contributed by atoms with Crippen molar-refractivity contribution >= 4 is 23.1 Å². The number of nitrogens with zero attached hydrogens (tertiary/aromatic N) is 5. The number of anilines is 1. The van der Waals surface area contributed by atoms with Crippen molar-refractivity contribution in [3.05, 3.63) is 42.1 Å². The smallest absolute Gasteiger partial charge is 0.325 e. The summed E-state index contributed by atoms with van der Waals surface area (Å²) in [5, 5.41) is 8.97. The number of imide groups is 1. The van der Waals surface area contributed by atoms with Gasteiger partial charge in [-0.05, 0) is 44.9 Å². The van der Waals surface area contributed by atoms with E-state index >= 15 is 0 Å². The molecule has 1 aromatic carbocycles. The summed E-state index contributed by atoms with van der Waals surface area (Å²) < 4.78 is 28.3. The summed E-state index contributed by atoms with van der Waals surface area (Å²) in [7, 11) is 2.13. The average Bonchev–Trinajstić information content (AvgIpc) is 3.63. The van der Waals surface area contributed by atoms with E-state index in [0.29, 0.717) is 30.2 Å². The highest BCUT2D eigenvalue weighted by Gasteiger charge is 2.25. The van der Waals surface area contributed by atoms with Gasteiger partial charge in [-0.1, -0.05) is 0 Å². The van der Waals surface area contributed by atoms with Crippen LogP contribution in [-0.2, 0) is 4.79 Å². The summed E-state index contributed by atoms with van der Waals surface area (Å²) in [6, 6.07) is 3.29. The molecule has 1 saturated carbocycles. The summed E-state index contributed by atoms with van der Waals surface area (Å²) in [6.45, 7) is 7.37. The first-order valence-electron chi connectivity index (χ1n) is 12.8.